The molecule has 0 saturated heterocycles. The largest absolute Gasteiger partial charge is 0.325 e. The van der Waals surface area contributed by atoms with Crippen LogP contribution in [0.1, 0.15) is 6.92 Å². The molecule has 128 valence electrons. The van der Waals surface area contributed by atoms with Crippen LogP contribution >= 0.6 is 45.8 Å². The summed E-state index contributed by atoms with van der Waals surface area (Å²) in [4.78, 5) is 12.0. The van der Waals surface area contributed by atoms with Crippen LogP contribution < -0.4 is 10.0 Å². The van der Waals surface area contributed by atoms with Crippen LogP contribution in [-0.2, 0) is 14.8 Å². The number of nitrogens with one attached hydrogen (secondary N) is 2. The van der Waals surface area contributed by atoms with Crippen LogP contribution in [0.3, 0.4) is 0 Å². The molecule has 2 aromatic rings. The van der Waals surface area contributed by atoms with Crippen LogP contribution in [0.25, 0.3) is 0 Å². The summed E-state index contributed by atoms with van der Waals surface area (Å²) in [6.45, 7) is 1.44. The maximum atomic E-state index is 12.4. The van der Waals surface area contributed by atoms with Crippen molar-refractivity contribution in [2.24, 2.45) is 0 Å². The predicted octanol–water partition coefficient (Wildman–Crippen LogP) is 3.90. The summed E-state index contributed by atoms with van der Waals surface area (Å²) in [6.07, 6.45) is 0. The van der Waals surface area contributed by atoms with E-state index in [0.717, 1.165) is 3.57 Å². The number of sulfonamides is 1. The van der Waals surface area contributed by atoms with E-state index in [9.17, 15) is 13.2 Å². The molecule has 2 rings (SSSR count). The van der Waals surface area contributed by atoms with Crippen LogP contribution in [-0.4, -0.2) is 20.4 Å². The van der Waals surface area contributed by atoms with Gasteiger partial charge in [0, 0.05) is 14.3 Å². The molecule has 9 heteroatoms. The molecule has 0 fully saturated rings. The standard InChI is InChI=1S/C15H13Cl2IN2O3S/c1-9(15(21)19-12-5-3-11(18)4-6-12)20-24(22,23)14-8-10(16)2-7-13(14)17/h2-9,20H,1H3,(H,19,21)/t9-/m1/s1. The van der Waals surface area contributed by atoms with Gasteiger partial charge in [0.25, 0.3) is 0 Å². The van der Waals surface area contributed by atoms with E-state index in [-0.39, 0.29) is 14.9 Å². The SMILES string of the molecule is C[C@@H](NS(=O)(=O)c1cc(Cl)ccc1Cl)C(=O)Nc1ccc(I)cc1. The molecule has 0 heterocycles. The lowest BCUT2D eigenvalue weighted by molar-refractivity contribution is -0.117. The third kappa shape index (κ3) is 5.06. The summed E-state index contributed by atoms with van der Waals surface area (Å²) < 4.78 is 28.1. The number of amides is 1. The van der Waals surface area contributed by atoms with Crippen molar-refractivity contribution in [3.05, 3.63) is 56.1 Å². The van der Waals surface area contributed by atoms with Crippen molar-refractivity contribution < 1.29 is 13.2 Å². The molecule has 0 aliphatic rings. The number of hydrogen-bond donors (Lipinski definition) is 2. The first kappa shape index (κ1) is 19.5. The molecule has 0 saturated carbocycles. The number of carbonyl (C=O) groups is 1. The zero-order valence-corrected chi connectivity index (χ0v) is 16.9. The number of anilines is 1. The molecular weight excluding hydrogens is 486 g/mol. The van der Waals surface area contributed by atoms with Crippen LogP contribution in [0, 0.1) is 3.57 Å². The van der Waals surface area contributed by atoms with E-state index in [4.69, 9.17) is 23.2 Å². The number of rotatable bonds is 5. The summed E-state index contributed by atoms with van der Waals surface area (Å²) in [5.74, 6) is -0.488. The van der Waals surface area contributed by atoms with Gasteiger partial charge >= 0.3 is 0 Å². The van der Waals surface area contributed by atoms with E-state index >= 15 is 0 Å². The first-order valence-corrected chi connectivity index (χ1v) is 10.0. The fourth-order valence-corrected chi connectivity index (χ4v) is 4.14. The van der Waals surface area contributed by atoms with Crippen molar-refractivity contribution in [3.63, 3.8) is 0 Å². The monoisotopic (exact) mass is 498 g/mol. The van der Waals surface area contributed by atoms with Crippen molar-refractivity contribution in [3.8, 4) is 0 Å². The van der Waals surface area contributed by atoms with Gasteiger partial charge in [-0.3, -0.25) is 4.79 Å². The van der Waals surface area contributed by atoms with Gasteiger partial charge in [-0.05, 0) is 72.0 Å². The minimum atomic E-state index is -3.99. The quantitative estimate of drug-likeness (QED) is 0.614. The second kappa shape index (κ2) is 8.01. The van der Waals surface area contributed by atoms with Gasteiger partial charge in [-0.15, -0.1) is 0 Å². The Labute approximate surface area is 163 Å². The van der Waals surface area contributed by atoms with Crippen LogP contribution in [0.4, 0.5) is 5.69 Å². The highest BCUT2D eigenvalue weighted by Gasteiger charge is 2.24. The van der Waals surface area contributed by atoms with E-state index in [1.807, 2.05) is 12.1 Å². The zero-order chi connectivity index (χ0) is 17.9. The van der Waals surface area contributed by atoms with E-state index in [0.29, 0.717) is 5.69 Å². The maximum Gasteiger partial charge on any atom is 0.242 e. The van der Waals surface area contributed by atoms with Crippen LogP contribution in [0.15, 0.2) is 47.4 Å². The molecule has 0 unspecified atom stereocenters. The Hall–Kier alpha value is -0.870. The smallest absolute Gasteiger partial charge is 0.242 e. The molecule has 0 aliphatic heterocycles. The molecule has 1 amide bonds. The van der Waals surface area contributed by atoms with Gasteiger partial charge in [0.1, 0.15) is 4.90 Å². The Morgan fingerprint density at radius 1 is 1.12 bits per heavy atom. The summed E-state index contributed by atoms with van der Waals surface area (Å²) in [5, 5.41) is 2.90. The topological polar surface area (TPSA) is 75.3 Å². The van der Waals surface area contributed by atoms with Crippen molar-refractivity contribution in [1.29, 1.82) is 0 Å². The number of halogens is 3. The maximum absolute atomic E-state index is 12.4. The van der Waals surface area contributed by atoms with Gasteiger partial charge in [-0.1, -0.05) is 23.2 Å². The molecule has 1 atom stereocenters. The first-order chi connectivity index (χ1) is 11.2. The minimum absolute atomic E-state index is 0.0251. The lowest BCUT2D eigenvalue weighted by Gasteiger charge is -2.15. The fourth-order valence-electron chi connectivity index (χ4n) is 1.82. The van der Waals surface area contributed by atoms with Crippen molar-refractivity contribution in [1.82, 2.24) is 4.72 Å². The highest BCUT2D eigenvalue weighted by molar-refractivity contribution is 14.1. The number of benzene rings is 2. The molecule has 0 radical (unpaired) electrons. The van der Waals surface area contributed by atoms with E-state index in [2.05, 4.69) is 32.6 Å². The summed E-state index contributed by atoms with van der Waals surface area (Å²) in [6, 6.07) is 10.2. The highest BCUT2D eigenvalue weighted by atomic mass is 127. The van der Waals surface area contributed by atoms with Gasteiger partial charge in [0.15, 0.2) is 0 Å². The van der Waals surface area contributed by atoms with Gasteiger partial charge in [-0.2, -0.15) is 4.72 Å². The lowest BCUT2D eigenvalue weighted by Crippen LogP contribution is -2.41. The average molecular weight is 499 g/mol. The Kier molecular flexibility index (Phi) is 6.49. The van der Waals surface area contributed by atoms with Crippen LogP contribution in [0.5, 0.6) is 0 Å². The van der Waals surface area contributed by atoms with Crippen LogP contribution in [0.2, 0.25) is 10.0 Å². The third-order valence-corrected chi connectivity index (χ3v) is 6.00. The zero-order valence-electron chi connectivity index (χ0n) is 12.4. The molecule has 2 N–H and O–H groups in total. The molecule has 2 aromatic carbocycles. The average Bonchev–Trinajstić information content (AvgIpc) is 2.51. The number of hydrogen-bond acceptors (Lipinski definition) is 3. The summed E-state index contributed by atoms with van der Waals surface area (Å²) in [5.41, 5.74) is 0.576. The second-order valence-corrected chi connectivity index (χ2v) is 8.69. The molecule has 0 bridgehead atoms. The Morgan fingerprint density at radius 3 is 2.38 bits per heavy atom. The molecule has 5 nitrogen and oxygen atoms in total. The lowest BCUT2D eigenvalue weighted by atomic mass is 10.3. The van der Waals surface area contributed by atoms with Crippen molar-refractivity contribution in [2.45, 2.75) is 17.9 Å². The molecule has 24 heavy (non-hydrogen) atoms. The van der Waals surface area contributed by atoms with Crippen molar-refractivity contribution in [2.75, 3.05) is 5.32 Å². The molecule has 0 aromatic heterocycles. The number of carbonyl (C=O) groups excluding carboxylic acids is 1. The predicted molar refractivity (Wildman–Crippen MR) is 104 cm³/mol. The molecular formula is C15H13Cl2IN2O3S. The normalized spacial score (nSPS) is 12.7. The second-order valence-electron chi connectivity index (χ2n) is 4.91. The van der Waals surface area contributed by atoms with E-state index in [1.54, 1.807) is 12.1 Å². The van der Waals surface area contributed by atoms with E-state index < -0.39 is 22.0 Å². The Balaban J connectivity index is 2.12. The summed E-state index contributed by atoms with van der Waals surface area (Å²) in [7, 11) is -3.99. The summed E-state index contributed by atoms with van der Waals surface area (Å²) >= 11 is 13.9. The highest BCUT2D eigenvalue weighted by Crippen LogP contribution is 2.25. The Bertz CT molecular complexity index is 858. The molecule has 0 aliphatic carbocycles. The van der Waals surface area contributed by atoms with Gasteiger partial charge < -0.3 is 5.32 Å². The fraction of sp³-hybridized carbons (Fsp3) is 0.133. The van der Waals surface area contributed by atoms with Crippen molar-refractivity contribution >= 4 is 67.4 Å². The third-order valence-electron chi connectivity index (χ3n) is 3.02. The first-order valence-electron chi connectivity index (χ1n) is 6.73. The van der Waals surface area contributed by atoms with Gasteiger partial charge in [0.05, 0.1) is 11.1 Å². The van der Waals surface area contributed by atoms with E-state index in [1.165, 1.54) is 25.1 Å². The Morgan fingerprint density at radius 2 is 1.75 bits per heavy atom. The molecule has 0 spiro atoms. The van der Waals surface area contributed by atoms with Gasteiger partial charge in [-0.25, -0.2) is 8.42 Å². The minimum Gasteiger partial charge on any atom is -0.325 e. The van der Waals surface area contributed by atoms with Gasteiger partial charge in [0.2, 0.25) is 15.9 Å².